The van der Waals surface area contributed by atoms with E-state index in [1.165, 1.54) is 0 Å². The molecule has 0 bridgehead atoms. The Balaban J connectivity index is 1.14. The van der Waals surface area contributed by atoms with Crippen molar-refractivity contribution < 1.29 is 202 Å². The second kappa shape index (κ2) is 38.8. The summed E-state index contributed by atoms with van der Waals surface area (Å²) in [6.07, 6.45) is -68.8. The number of ether oxygens (including phenoxy) is 15. The summed E-state index contributed by atoms with van der Waals surface area (Å²) >= 11 is 0. The van der Waals surface area contributed by atoms with E-state index in [1.54, 1.807) is 0 Å². The summed E-state index contributed by atoms with van der Waals surface area (Å²) in [7, 11) is 0. The number of aliphatic hydroxyl groups excluding tert-OH is 20. The SMILES string of the molecule is CC(=O)N[C@@H]1[C@H](O[C@H]2[C@H](O)[C@@H](NC(C)=O)[C@H](O[C@@H]3[C@@H](O[C@@H]4[C@H](O)[C@H](O[C@H]5[C@H](O)[C@@H](NC(C)=O)[C@H](O[C@H]6[C@H](O)[C@@H](NC(C)=O)C(O)O[C@@H]6CO)O[C@@H]5CO)O[C@H](CO)[C@H]4O)O[C@H](CO)[C@@H](O[C@@H]4O[C@H](CO)[C@@H](O[C@@H]5O[C@H](CO)[C@H](O)[C@H](O)[C@H]5NC(C)=O)[C@H](O)[C@H]4NC(C)=O)[C@@H]3O)O[C@@H]2CO)O[C@H](CO)[C@H](O)[C@@H]1O. The minimum atomic E-state index is -2.51. The molecule has 1 unspecified atom stereocenters. The Hall–Kier alpha value is -4.58. The van der Waals surface area contributed by atoms with Crippen LogP contribution in [0.1, 0.15) is 41.5 Å². The van der Waals surface area contributed by atoms with Crippen LogP contribution >= 0.6 is 0 Å². The lowest BCUT2D eigenvalue weighted by atomic mass is 9.93. The molecule has 0 aromatic rings. The zero-order valence-electron chi connectivity index (χ0n) is 58.3. The minimum absolute atomic E-state index is 0.755. The van der Waals surface area contributed by atoms with Gasteiger partial charge in [-0.1, -0.05) is 0 Å². The molecule has 616 valence electrons. The Bertz CT molecular complexity index is 2890. The van der Waals surface area contributed by atoms with Crippen LogP contribution in [0.3, 0.4) is 0 Å². The molecule has 8 fully saturated rings. The molecule has 0 aromatic heterocycles. The van der Waals surface area contributed by atoms with E-state index < -0.39 is 334 Å². The number of carbonyl (C=O) groups is 6. The molecule has 107 heavy (non-hydrogen) atoms. The van der Waals surface area contributed by atoms with Crippen molar-refractivity contribution in [3.05, 3.63) is 0 Å². The summed E-state index contributed by atoms with van der Waals surface area (Å²) in [6, 6.07) is -10.7. The van der Waals surface area contributed by atoms with Crippen LogP contribution in [0, 0.1) is 0 Å². The summed E-state index contributed by atoms with van der Waals surface area (Å²) in [6.45, 7) is -2.76. The maximum Gasteiger partial charge on any atom is 0.217 e. The topological polar surface area (TPSA) is 718 Å². The molecule has 0 radical (unpaired) electrons. The smallest absolute Gasteiger partial charge is 0.217 e. The lowest BCUT2D eigenvalue weighted by Crippen LogP contribution is -2.72. The van der Waals surface area contributed by atoms with E-state index in [9.17, 15) is 131 Å². The number of rotatable bonds is 28. The van der Waals surface area contributed by atoms with Crippen molar-refractivity contribution in [2.45, 2.75) is 287 Å². The highest BCUT2D eigenvalue weighted by atomic mass is 16.8. The van der Waals surface area contributed by atoms with Crippen molar-refractivity contribution in [1.29, 1.82) is 0 Å². The van der Waals surface area contributed by atoms with Crippen LogP contribution in [0.4, 0.5) is 0 Å². The lowest BCUT2D eigenvalue weighted by Gasteiger charge is -2.52. The third-order valence-corrected chi connectivity index (χ3v) is 19.1. The van der Waals surface area contributed by atoms with Crippen LogP contribution in [0.5, 0.6) is 0 Å². The molecule has 0 saturated carbocycles. The van der Waals surface area contributed by atoms with E-state index in [0.717, 1.165) is 41.5 Å². The predicted molar refractivity (Wildman–Crippen MR) is 334 cm³/mol. The van der Waals surface area contributed by atoms with Gasteiger partial charge in [0.25, 0.3) is 0 Å². The average molecular weight is 1560 g/mol. The van der Waals surface area contributed by atoms with Gasteiger partial charge in [0.1, 0.15) is 195 Å². The minimum Gasteiger partial charge on any atom is -0.394 e. The maximum atomic E-state index is 13.2. The lowest BCUT2D eigenvalue weighted by molar-refractivity contribution is -0.403. The first-order chi connectivity index (χ1) is 50.6. The Morgan fingerprint density at radius 1 is 0.224 bits per heavy atom. The van der Waals surface area contributed by atoms with E-state index in [0.29, 0.717) is 0 Å². The van der Waals surface area contributed by atoms with Crippen LogP contribution in [-0.2, 0) is 99.8 Å². The number of hydrogen-bond donors (Lipinski definition) is 26. The number of carbonyl (C=O) groups excluding carboxylic acids is 6. The zero-order valence-corrected chi connectivity index (χ0v) is 58.3. The zero-order chi connectivity index (χ0) is 79.1. The van der Waals surface area contributed by atoms with Gasteiger partial charge in [-0.15, -0.1) is 0 Å². The molecule has 0 aromatic carbocycles. The van der Waals surface area contributed by atoms with Crippen LogP contribution < -0.4 is 31.9 Å². The first-order valence-corrected chi connectivity index (χ1v) is 34.1. The summed E-state index contributed by atoms with van der Waals surface area (Å²) in [5.41, 5.74) is 0. The molecule has 6 amide bonds. The van der Waals surface area contributed by atoms with Gasteiger partial charge in [0.15, 0.2) is 50.3 Å². The van der Waals surface area contributed by atoms with Crippen LogP contribution in [0.15, 0.2) is 0 Å². The van der Waals surface area contributed by atoms with Gasteiger partial charge in [0, 0.05) is 41.5 Å². The van der Waals surface area contributed by atoms with Crippen LogP contribution in [-0.4, -0.2) is 436 Å². The summed E-state index contributed by atoms with van der Waals surface area (Å²) in [5, 5.41) is 238. The quantitative estimate of drug-likeness (QED) is 0.0346. The van der Waals surface area contributed by atoms with Crippen molar-refractivity contribution in [1.82, 2.24) is 31.9 Å². The molecule has 47 nitrogen and oxygen atoms in total. The average Bonchev–Trinajstić information content (AvgIpc) is 0.606. The fourth-order valence-electron chi connectivity index (χ4n) is 13.9. The van der Waals surface area contributed by atoms with Crippen LogP contribution in [0.2, 0.25) is 0 Å². The van der Waals surface area contributed by atoms with Gasteiger partial charge in [0.2, 0.25) is 35.4 Å². The number of hydrogen-bond acceptors (Lipinski definition) is 41. The molecule has 8 aliphatic heterocycles. The van der Waals surface area contributed by atoms with Gasteiger partial charge in [0.05, 0.1) is 52.9 Å². The van der Waals surface area contributed by atoms with Crippen molar-refractivity contribution in [2.24, 2.45) is 0 Å². The van der Waals surface area contributed by atoms with E-state index in [-0.39, 0.29) is 0 Å². The number of amides is 6. The molecule has 8 heterocycles. The molecule has 26 N–H and O–H groups in total. The third-order valence-electron chi connectivity index (χ3n) is 19.1. The molecule has 40 atom stereocenters. The van der Waals surface area contributed by atoms with Crippen molar-refractivity contribution >= 4 is 35.4 Å². The van der Waals surface area contributed by atoms with Crippen LogP contribution in [0.25, 0.3) is 0 Å². The third kappa shape index (κ3) is 20.1. The Kier molecular flexibility index (Phi) is 31.9. The van der Waals surface area contributed by atoms with Gasteiger partial charge in [-0.25, -0.2) is 0 Å². The van der Waals surface area contributed by atoms with Gasteiger partial charge in [-0.05, 0) is 0 Å². The van der Waals surface area contributed by atoms with E-state index in [4.69, 9.17) is 71.1 Å². The van der Waals surface area contributed by atoms with E-state index in [2.05, 4.69) is 31.9 Å². The van der Waals surface area contributed by atoms with Gasteiger partial charge < -0.3 is 205 Å². The molecule has 8 aliphatic rings. The Labute approximate surface area is 607 Å². The number of aliphatic hydroxyl groups is 20. The normalized spacial score (nSPS) is 46.1. The molecule has 47 heteroatoms. The molecule has 8 rings (SSSR count). The van der Waals surface area contributed by atoms with Gasteiger partial charge in [-0.2, -0.15) is 0 Å². The molecule has 8 saturated heterocycles. The molecule has 0 spiro atoms. The second-order valence-electron chi connectivity index (χ2n) is 26.8. The highest BCUT2D eigenvalue weighted by Crippen LogP contribution is 2.40. The Morgan fingerprint density at radius 2 is 0.439 bits per heavy atom. The largest absolute Gasteiger partial charge is 0.394 e. The van der Waals surface area contributed by atoms with Gasteiger partial charge >= 0.3 is 0 Å². The predicted octanol–water partition coefficient (Wildman–Crippen LogP) is -17.6. The molecule has 0 aliphatic carbocycles. The maximum absolute atomic E-state index is 13.2. The molecular weight excluding hydrogens is 1460 g/mol. The van der Waals surface area contributed by atoms with E-state index >= 15 is 0 Å². The second-order valence-corrected chi connectivity index (χ2v) is 26.8. The highest BCUT2D eigenvalue weighted by molar-refractivity contribution is 5.75. The fourth-order valence-corrected chi connectivity index (χ4v) is 13.9. The monoisotopic (exact) mass is 1560 g/mol. The van der Waals surface area contributed by atoms with Gasteiger partial charge in [-0.3, -0.25) is 28.8 Å². The fraction of sp³-hybridized carbons (Fsp3) is 0.900. The highest BCUT2D eigenvalue weighted by Gasteiger charge is 2.61. The summed E-state index contributed by atoms with van der Waals surface area (Å²) in [5.74, 6) is -5.17. The standard InChI is InChI=1S/C60H100N6O41/c1-15(75)61-29-40(86)46(24(10-70)93-53(29)92)101-56-33(65-19(5)79)43(89)49(27(13-73)98-56)105-59-45(91)51(37(83)23(9-69)96-59)106-60-52(107-58-34(66-20(6)80)42(88)48(26(12-72)99-58)103-55-31(63-17(3)77)39(85)36(82)22(8-68)95-55)44(90)50(28(14-74)100-60)104-57-32(64-18(4)78)41(87)47(25(11-71)97-57)102-54-30(62-16(2)76)38(84)35(81)21(7-67)94-54/h21-60,67-74,81-92H,7-14H2,1-6H3,(H,61,75)(H,62,76)(H,63,77)(H,64,78)(H,65,79)(H,66,80)/t21-,22-,23-,24-,25-,26-,27-,28-,29-,30-,31+,32-,33-,34-,35+,36+,37-,38-,39-,40-,41-,42-,43-,44+,45+,46-,47-,48-,49-,50-,51+,52+,53?,54+,55+,56+,57+,58+,59+,60-/m1/s1. The van der Waals surface area contributed by atoms with Crippen molar-refractivity contribution in [3.63, 3.8) is 0 Å². The first-order valence-electron chi connectivity index (χ1n) is 34.1. The Morgan fingerprint density at radius 3 is 0.748 bits per heavy atom. The summed E-state index contributed by atoms with van der Waals surface area (Å²) in [4.78, 5) is 75.8. The van der Waals surface area contributed by atoms with Crippen molar-refractivity contribution in [2.75, 3.05) is 52.9 Å². The van der Waals surface area contributed by atoms with E-state index in [1.807, 2.05) is 0 Å². The molecular formula is C60H100N6O41. The number of nitrogens with one attached hydrogen (secondary N) is 6. The first kappa shape index (κ1) is 88.0. The van der Waals surface area contributed by atoms with Crippen molar-refractivity contribution in [3.8, 4) is 0 Å². The summed E-state index contributed by atoms with van der Waals surface area (Å²) < 4.78 is 90.1.